The number of hydrazone groups is 1. The Bertz CT molecular complexity index is 782. The summed E-state index contributed by atoms with van der Waals surface area (Å²) in [6.45, 7) is 7.70. The summed E-state index contributed by atoms with van der Waals surface area (Å²) >= 11 is 0. The van der Waals surface area contributed by atoms with Crippen molar-refractivity contribution in [2.45, 2.75) is 27.7 Å². The van der Waals surface area contributed by atoms with E-state index in [1.165, 1.54) is 6.21 Å². The van der Waals surface area contributed by atoms with Gasteiger partial charge in [0.15, 0.2) is 6.61 Å². The van der Waals surface area contributed by atoms with Gasteiger partial charge in [-0.05, 0) is 56.5 Å². The minimum atomic E-state index is -0.362. The molecule has 2 aromatic rings. The fourth-order valence-electron chi connectivity index (χ4n) is 2.27. The van der Waals surface area contributed by atoms with Crippen LogP contribution in [0.2, 0.25) is 0 Å². The molecule has 0 unspecified atom stereocenters. The number of phenols is 1. The second kappa shape index (κ2) is 7.64. The van der Waals surface area contributed by atoms with Crippen LogP contribution in [0.4, 0.5) is 0 Å². The first-order chi connectivity index (χ1) is 11.4. The summed E-state index contributed by atoms with van der Waals surface area (Å²) in [7, 11) is 0. The van der Waals surface area contributed by atoms with Crippen molar-refractivity contribution in [1.82, 2.24) is 5.43 Å². The van der Waals surface area contributed by atoms with Crippen LogP contribution < -0.4 is 10.2 Å². The van der Waals surface area contributed by atoms with E-state index in [2.05, 4.69) is 10.5 Å². The lowest BCUT2D eigenvalue weighted by Crippen LogP contribution is -2.25. The van der Waals surface area contributed by atoms with E-state index in [-0.39, 0.29) is 18.3 Å². The largest absolute Gasteiger partial charge is 0.507 e. The number of phenolic OH excluding ortho intramolecular Hbond substituents is 1. The van der Waals surface area contributed by atoms with Crippen molar-refractivity contribution in [3.63, 3.8) is 0 Å². The lowest BCUT2D eigenvalue weighted by atomic mass is 10.1. The molecule has 0 bridgehead atoms. The van der Waals surface area contributed by atoms with Gasteiger partial charge in [0.25, 0.3) is 5.91 Å². The highest BCUT2D eigenvalue weighted by atomic mass is 16.5. The molecule has 1 amide bonds. The number of rotatable bonds is 5. The molecule has 0 aromatic heterocycles. The van der Waals surface area contributed by atoms with Gasteiger partial charge in [-0.15, -0.1) is 0 Å². The number of amides is 1. The van der Waals surface area contributed by atoms with Gasteiger partial charge in [-0.25, -0.2) is 5.43 Å². The van der Waals surface area contributed by atoms with Gasteiger partial charge in [0.2, 0.25) is 0 Å². The Morgan fingerprint density at radius 3 is 2.62 bits per heavy atom. The summed E-state index contributed by atoms with van der Waals surface area (Å²) < 4.78 is 5.62. The molecule has 2 rings (SSSR count). The number of carbonyl (C=O) groups excluding carboxylic acids is 1. The first kappa shape index (κ1) is 17.5. The quantitative estimate of drug-likeness (QED) is 0.655. The third-order valence-corrected chi connectivity index (χ3v) is 3.80. The third kappa shape index (κ3) is 4.35. The molecule has 0 saturated carbocycles. The average molecular weight is 326 g/mol. The van der Waals surface area contributed by atoms with Crippen molar-refractivity contribution in [1.29, 1.82) is 0 Å². The Balaban J connectivity index is 1.94. The molecule has 5 heteroatoms. The number of aryl methyl sites for hydroxylation is 3. The summed E-state index contributed by atoms with van der Waals surface area (Å²) in [5.41, 5.74) is 7.06. The molecule has 0 saturated heterocycles. The Labute approximate surface area is 142 Å². The van der Waals surface area contributed by atoms with Crippen LogP contribution in [-0.2, 0) is 4.79 Å². The van der Waals surface area contributed by atoms with Gasteiger partial charge in [-0.2, -0.15) is 5.10 Å². The summed E-state index contributed by atoms with van der Waals surface area (Å²) in [4.78, 5) is 11.9. The molecule has 0 atom stereocenters. The van der Waals surface area contributed by atoms with E-state index in [1.54, 1.807) is 18.2 Å². The van der Waals surface area contributed by atoms with Crippen LogP contribution in [0, 0.1) is 27.7 Å². The van der Waals surface area contributed by atoms with E-state index in [1.807, 2.05) is 39.8 Å². The fraction of sp³-hybridized carbons (Fsp3) is 0.263. The van der Waals surface area contributed by atoms with Gasteiger partial charge in [0.05, 0.1) is 6.21 Å². The van der Waals surface area contributed by atoms with Gasteiger partial charge in [0, 0.05) is 5.56 Å². The Hall–Kier alpha value is -2.82. The van der Waals surface area contributed by atoms with E-state index in [4.69, 9.17) is 4.74 Å². The van der Waals surface area contributed by atoms with Crippen LogP contribution in [0.15, 0.2) is 35.4 Å². The molecule has 2 aromatic carbocycles. The van der Waals surface area contributed by atoms with Crippen molar-refractivity contribution in [3.05, 3.63) is 58.1 Å². The van der Waals surface area contributed by atoms with Gasteiger partial charge in [-0.1, -0.05) is 23.8 Å². The maximum absolute atomic E-state index is 11.9. The van der Waals surface area contributed by atoms with Crippen molar-refractivity contribution in [3.8, 4) is 11.5 Å². The van der Waals surface area contributed by atoms with Gasteiger partial charge < -0.3 is 9.84 Å². The van der Waals surface area contributed by atoms with Crippen molar-refractivity contribution < 1.29 is 14.6 Å². The predicted octanol–water partition coefficient (Wildman–Crippen LogP) is 3.15. The summed E-state index contributed by atoms with van der Waals surface area (Å²) in [6, 6.07) is 9.15. The molecule has 0 spiro atoms. The SMILES string of the molecule is Cc1ccc(O)c(/C=N/NC(=O)COc2c(C)ccc(C)c2C)c1. The molecule has 0 aliphatic carbocycles. The maximum atomic E-state index is 11.9. The third-order valence-electron chi connectivity index (χ3n) is 3.80. The van der Waals surface area contributed by atoms with Gasteiger partial charge in [-0.3, -0.25) is 4.79 Å². The van der Waals surface area contributed by atoms with E-state index >= 15 is 0 Å². The van der Waals surface area contributed by atoms with E-state index in [0.29, 0.717) is 5.56 Å². The summed E-state index contributed by atoms with van der Waals surface area (Å²) in [5.74, 6) is 0.477. The van der Waals surface area contributed by atoms with Crippen LogP contribution >= 0.6 is 0 Å². The standard InChI is InChI=1S/C19H22N2O3/c1-12-5-8-17(22)16(9-12)10-20-21-18(23)11-24-19-14(3)7-6-13(2)15(19)4/h5-10,22H,11H2,1-4H3,(H,21,23)/b20-10+. The number of nitrogens with one attached hydrogen (secondary N) is 1. The molecule has 5 nitrogen and oxygen atoms in total. The first-order valence-corrected chi connectivity index (χ1v) is 7.69. The zero-order valence-corrected chi connectivity index (χ0v) is 14.4. The van der Waals surface area contributed by atoms with Crippen molar-refractivity contribution in [2.75, 3.05) is 6.61 Å². The number of aromatic hydroxyl groups is 1. The van der Waals surface area contributed by atoms with Gasteiger partial charge >= 0.3 is 0 Å². The van der Waals surface area contributed by atoms with Crippen LogP contribution in [0.25, 0.3) is 0 Å². The molecule has 2 N–H and O–H groups in total. The fourth-order valence-corrected chi connectivity index (χ4v) is 2.27. The first-order valence-electron chi connectivity index (χ1n) is 7.69. The minimum Gasteiger partial charge on any atom is -0.507 e. The summed E-state index contributed by atoms with van der Waals surface area (Å²) in [6.07, 6.45) is 1.41. The molecular formula is C19H22N2O3. The lowest BCUT2D eigenvalue weighted by Gasteiger charge is -2.13. The number of benzene rings is 2. The van der Waals surface area contributed by atoms with E-state index in [9.17, 15) is 9.90 Å². The van der Waals surface area contributed by atoms with E-state index in [0.717, 1.165) is 28.0 Å². The lowest BCUT2D eigenvalue weighted by molar-refractivity contribution is -0.123. The minimum absolute atomic E-state index is 0.112. The second-order valence-corrected chi connectivity index (χ2v) is 5.80. The topological polar surface area (TPSA) is 70.9 Å². The zero-order chi connectivity index (χ0) is 17.7. The van der Waals surface area contributed by atoms with Crippen molar-refractivity contribution in [2.24, 2.45) is 5.10 Å². The number of ether oxygens (including phenoxy) is 1. The Kier molecular flexibility index (Phi) is 5.58. The normalized spacial score (nSPS) is 10.8. The number of nitrogens with zero attached hydrogens (tertiary/aromatic N) is 1. The second-order valence-electron chi connectivity index (χ2n) is 5.80. The molecule has 0 fully saturated rings. The zero-order valence-electron chi connectivity index (χ0n) is 14.4. The molecule has 0 aliphatic rings. The molecule has 0 heterocycles. The van der Waals surface area contributed by atoms with Gasteiger partial charge in [0.1, 0.15) is 11.5 Å². The Morgan fingerprint density at radius 1 is 1.17 bits per heavy atom. The van der Waals surface area contributed by atoms with Crippen LogP contribution in [-0.4, -0.2) is 23.8 Å². The van der Waals surface area contributed by atoms with Crippen LogP contribution in [0.5, 0.6) is 11.5 Å². The smallest absolute Gasteiger partial charge is 0.277 e. The predicted molar refractivity (Wildman–Crippen MR) is 94.7 cm³/mol. The highest BCUT2D eigenvalue weighted by molar-refractivity contribution is 5.85. The Morgan fingerprint density at radius 2 is 1.88 bits per heavy atom. The summed E-state index contributed by atoms with van der Waals surface area (Å²) in [5, 5.41) is 13.6. The highest BCUT2D eigenvalue weighted by Gasteiger charge is 2.08. The highest BCUT2D eigenvalue weighted by Crippen LogP contribution is 2.25. The number of hydrogen-bond donors (Lipinski definition) is 2. The number of hydrogen-bond acceptors (Lipinski definition) is 4. The molecule has 126 valence electrons. The average Bonchev–Trinajstić information content (AvgIpc) is 2.54. The molecule has 24 heavy (non-hydrogen) atoms. The monoisotopic (exact) mass is 326 g/mol. The van der Waals surface area contributed by atoms with E-state index < -0.39 is 0 Å². The maximum Gasteiger partial charge on any atom is 0.277 e. The van der Waals surface area contributed by atoms with Crippen molar-refractivity contribution >= 4 is 12.1 Å². The number of carbonyl (C=O) groups is 1. The van der Waals surface area contributed by atoms with Crippen LogP contribution in [0.3, 0.4) is 0 Å². The van der Waals surface area contributed by atoms with Crippen LogP contribution in [0.1, 0.15) is 27.8 Å². The molecule has 0 radical (unpaired) electrons. The molecular weight excluding hydrogens is 304 g/mol. The molecule has 0 aliphatic heterocycles.